The largest absolute Gasteiger partial charge is 0.285 e. The molecule has 0 aliphatic rings. The first-order chi connectivity index (χ1) is 5.34. The van der Waals surface area contributed by atoms with Gasteiger partial charge in [0.25, 0.3) is 5.91 Å². The average Bonchev–Trinajstić information content (AvgIpc) is 2.07. The highest BCUT2D eigenvalue weighted by molar-refractivity contribution is 5.97. The predicted molar refractivity (Wildman–Crippen MR) is 43.8 cm³/mol. The van der Waals surface area contributed by atoms with Gasteiger partial charge < -0.3 is 0 Å². The zero-order valence-corrected chi connectivity index (χ0v) is 5.95. The van der Waals surface area contributed by atoms with E-state index >= 15 is 0 Å². The summed E-state index contributed by atoms with van der Waals surface area (Å²) in [7, 11) is 0. The number of hydrogen-bond acceptors (Lipinski definition) is 1. The van der Waals surface area contributed by atoms with Gasteiger partial charge in [-0.2, -0.15) is 4.99 Å². The van der Waals surface area contributed by atoms with E-state index in [-0.39, 0.29) is 5.91 Å². The number of amides is 1. The first kappa shape index (κ1) is 7.45. The van der Waals surface area contributed by atoms with Crippen molar-refractivity contribution in [1.29, 1.82) is 0 Å². The minimum Gasteiger partial charge on any atom is -0.266 e. The Hall–Kier alpha value is -1.66. The van der Waals surface area contributed by atoms with Crippen molar-refractivity contribution in [3.05, 3.63) is 42.5 Å². The van der Waals surface area contributed by atoms with Crippen LogP contribution in [0.25, 0.3) is 0 Å². The summed E-state index contributed by atoms with van der Waals surface area (Å²) in [6, 6.07) is 8.80. The number of benzene rings is 1. The Balaban J connectivity index is 2.94. The topological polar surface area (TPSA) is 29.4 Å². The van der Waals surface area contributed by atoms with E-state index in [0.717, 1.165) is 0 Å². The van der Waals surface area contributed by atoms with Crippen LogP contribution in [-0.2, 0) is 0 Å². The van der Waals surface area contributed by atoms with Gasteiger partial charge in [-0.3, -0.25) is 4.79 Å². The molecule has 0 atom stereocenters. The van der Waals surface area contributed by atoms with Gasteiger partial charge in [0.2, 0.25) is 0 Å². The second kappa shape index (κ2) is 3.49. The summed E-state index contributed by atoms with van der Waals surface area (Å²) in [5.74, 6) is 1.89. The minimum atomic E-state index is -0.305. The van der Waals surface area contributed by atoms with E-state index in [1.807, 2.05) is 6.07 Å². The first-order valence-corrected chi connectivity index (χ1v) is 3.17. The molecule has 11 heavy (non-hydrogen) atoms. The highest BCUT2D eigenvalue weighted by atomic mass is 16.1. The quantitative estimate of drug-likeness (QED) is 0.553. The van der Waals surface area contributed by atoms with Gasteiger partial charge in [-0.15, -0.1) is 0 Å². The summed E-state index contributed by atoms with van der Waals surface area (Å²) in [4.78, 5) is 14.4. The smallest absolute Gasteiger partial charge is 0.266 e. The molecule has 0 spiro atoms. The van der Waals surface area contributed by atoms with Crippen molar-refractivity contribution < 1.29 is 4.79 Å². The van der Waals surface area contributed by atoms with Crippen molar-refractivity contribution in [2.45, 2.75) is 0 Å². The molecule has 54 valence electrons. The number of rotatable bonds is 1. The molecule has 0 unspecified atom stereocenters. The van der Waals surface area contributed by atoms with Gasteiger partial charge in [-0.05, 0) is 24.6 Å². The van der Waals surface area contributed by atoms with Crippen molar-refractivity contribution in [1.82, 2.24) is 0 Å². The lowest BCUT2D eigenvalue weighted by molar-refractivity contribution is 0.100. The molecule has 1 rings (SSSR count). The highest BCUT2D eigenvalue weighted by Crippen LogP contribution is 1.99. The molecule has 1 amide bonds. The average molecular weight is 145 g/mol. The normalized spacial score (nSPS) is 8.36. The SMILES string of the molecule is C=C=NC(=O)c1ccccc1. The molecule has 0 bridgehead atoms. The molecule has 2 heteroatoms. The van der Waals surface area contributed by atoms with Gasteiger partial charge in [0.05, 0.1) is 0 Å². The molecule has 0 aromatic heterocycles. The van der Waals surface area contributed by atoms with Crippen LogP contribution in [0.3, 0.4) is 0 Å². The maximum Gasteiger partial charge on any atom is 0.285 e. The molecule has 1 aromatic carbocycles. The maximum absolute atomic E-state index is 11.0. The first-order valence-electron chi connectivity index (χ1n) is 3.17. The predicted octanol–water partition coefficient (Wildman–Crippen LogP) is 1.68. The van der Waals surface area contributed by atoms with Crippen LogP contribution in [0.1, 0.15) is 10.4 Å². The Morgan fingerprint density at radius 3 is 2.55 bits per heavy atom. The highest BCUT2D eigenvalue weighted by Gasteiger charge is 1.98. The minimum absolute atomic E-state index is 0.305. The van der Waals surface area contributed by atoms with E-state index < -0.39 is 0 Å². The molecule has 2 nitrogen and oxygen atoms in total. The zero-order valence-electron chi connectivity index (χ0n) is 5.95. The summed E-state index contributed by atoms with van der Waals surface area (Å²) in [6.45, 7) is 3.21. The van der Waals surface area contributed by atoms with E-state index in [2.05, 4.69) is 17.4 Å². The van der Waals surface area contributed by atoms with Gasteiger partial charge in [-0.25, -0.2) is 0 Å². The van der Waals surface area contributed by atoms with Gasteiger partial charge in [0.15, 0.2) is 0 Å². The Bertz CT molecular complexity index is 297. The van der Waals surface area contributed by atoms with Crippen LogP contribution in [0, 0.1) is 0 Å². The molecule has 0 saturated heterocycles. The van der Waals surface area contributed by atoms with E-state index in [1.165, 1.54) is 0 Å². The van der Waals surface area contributed by atoms with Crippen LogP contribution in [-0.4, -0.2) is 11.8 Å². The van der Waals surface area contributed by atoms with Crippen LogP contribution in [0.15, 0.2) is 41.9 Å². The van der Waals surface area contributed by atoms with Gasteiger partial charge in [-0.1, -0.05) is 18.2 Å². The van der Waals surface area contributed by atoms with E-state index in [1.54, 1.807) is 24.3 Å². The lowest BCUT2D eigenvalue weighted by Crippen LogP contribution is -1.92. The molecule has 0 aliphatic heterocycles. The van der Waals surface area contributed by atoms with Crippen LogP contribution in [0.5, 0.6) is 0 Å². The summed E-state index contributed by atoms with van der Waals surface area (Å²) in [5.41, 5.74) is 0.559. The second-order valence-corrected chi connectivity index (χ2v) is 1.94. The van der Waals surface area contributed by atoms with Crippen LogP contribution in [0.2, 0.25) is 0 Å². The van der Waals surface area contributed by atoms with Crippen LogP contribution in [0.4, 0.5) is 0 Å². The Labute approximate surface area is 64.9 Å². The third kappa shape index (κ3) is 1.88. The Morgan fingerprint density at radius 2 is 2.00 bits per heavy atom. The standard InChI is InChI=1S/C9H7NO/c1-2-10-9(11)8-6-4-3-5-7-8/h3-7H,1H2. The second-order valence-electron chi connectivity index (χ2n) is 1.94. The van der Waals surface area contributed by atoms with E-state index in [9.17, 15) is 4.79 Å². The van der Waals surface area contributed by atoms with E-state index in [0.29, 0.717) is 5.56 Å². The Kier molecular flexibility index (Phi) is 2.37. The molecule has 1 aromatic rings. The molecule has 0 aliphatic carbocycles. The van der Waals surface area contributed by atoms with Gasteiger partial charge in [0.1, 0.15) is 0 Å². The van der Waals surface area contributed by atoms with Crippen LogP contribution >= 0.6 is 0 Å². The van der Waals surface area contributed by atoms with Crippen molar-refractivity contribution in [2.75, 3.05) is 0 Å². The number of hydrogen-bond donors (Lipinski definition) is 0. The molecular formula is C9H7NO. The summed E-state index contributed by atoms with van der Waals surface area (Å²) < 4.78 is 0. The van der Waals surface area contributed by atoms with Crippen molar-refractivity contribution in [3.63, 3.8) is 0 Å². The number of nitrogens with zero attached hydrogens (tertiary/aromatic N) is 1. The fourth-order valence-electron chi connectivity index (χ4n) is 0.717. The molecule has 0 radical (unpaired) electrons. The lowest BCUT2D eigenvalue weighted by Gasteiger charge is -1.89. The van der Waals surface area contributed by atoms with E-state index in [4.69, 9.17) is 0 Å². The van der Waals surface area contributed by atoms with Crippen LogP contribution < -0.4 is 0 Å². The lowest BCUT2D eigenvalue weighted by atomic mass is 10.2. The van der Waals surface area contributed by atoms with Crippen molar-refractivity contribution in [3.8, 4) is 0 Å². The number of carbonyl (C=O) groups excluding carboxylic acids is 1. The fraction of sp³-hybridized carbons (Fsp3) is 0. The monoisotopic (exact) mass is 145 g/mol. The summed E-state index contributed by atoms with van der Waals surface area (Å²) in [5, 5.41) is 0. The van der Waals surface area contributed by atoms with Gasteiger partial charge >= 0.3 is 0 Å². The molecule has 0 fully saturated rings. The maximum atomic E-state index is 11.0. The molecule has 0 saturated carbocycles. The summed E-state index contributed by atoms with van der Waals surface area (Å²) >= 11 is 0. The summed E-state index contributed by atoms with van der Waals surface area (Å²) in [6.07, 6.45) is 0. The number of aliphatic imine (C=N–C) groups is 1. The number of carbonyl (C=O) groups is 1. The molecule has 0 heterocycles. The Morgan fingerprint density at radius 1 is 1.36 bits per heavy atom. The third-order valence-corrected chi connectivity index (χ3v) is 1.20. The molecule has 0 N–H and O–H groups in total. The molecular weight excluding hydrogens is 138 g/mol. The fourth-order valence-corrected chi connectivity index (χ4v) is 0.717. The zero-order chi connectivity index (χ0) is 8.10. The van der Waals surface area contributed by atoms with Crippen molar-refractivity contribution in [2.24, 2.45) is 4.99 Å². The van der Waals surface area contributed by atoms with Gasteiger partial charge in [0, 0.05) is 5.56 Å². The van der Waals surface area contributed by atoms with Crippen molar-refractivity contribution >= 4 is 11.8 Å². The third-order valence-electron chi connectivity index (χ3n) is 1.20.